The van der Waals surface area contributed by atoms with Gasteiger partial charge in [-0.15, -0.1) is 6.42 Å². The van der Waals surface area contributed by atoms with Crippen LogP contribution in [-0.2, 0) is 9.53 Å². The number of carbonyl (C=O) groups is 2. The maximum atomic E-state index is 12.5. The first-order valence-corrected chi connectivity index (χ1v) is 9.44. The molecule has 1 aliphatic rings. The maximum Gasteiger partial charge on any atom is 0.337 e. The lowest BCUT2D eigenvalue weighted by atomic mass is 10.2. The van der Waals surface area contributed by atoms with E-state index in [1.165, 1.54) is 23.8 Å². The first-order chi connectivity index (χ1) is 14.0. The second kappa shape index (κ2) is 9.13. The highest BCUT2D eigenvalue weighted by Crippen LogP contribution is 2.33. The van der Waals surface area contributed by atoms with E-state index in [2.05, 4.69) is 15.6 Å². The first kappa shape index (κ1) is 20.2. The highest BCUT2D eigenvalue weighted by atomic mass is 32.2. The Kier molecular flexibility index (Phi) is 6.37. The molecule has 0 bridgehead atoms. The van der Waals surface area contributed by atoms with Gasteiger partial charge in [0.2, 0.25) is 0 Å². The van der Waals surface area contributed by atoms with Gasteiger partial charge in [-0.05, 0) is 59.8 Å². The fourth-order valence-electron chi connectivity index (χ4n) is 2.49. The number of esters is 1. The third-order valence-electron chi connectivity index (χ3n) is 4.02. The third kappa shape index (κ3) is 4.86. The summed E-state index contributed by atoms with van der Waals surface area (Å²) < 4.78 is 10.0. The molecule has 1 aliphatic heterocycles. The number of nitrogens with zero attached hydrogens (tertiary/aromatic N) is 2. The van der Waals surface area contributed by atoms with Crippen molar-refractivity contribution in [3.63, 3.8) is 0 Å². The Morgan fingerprint density at radius 2 is 1.90 bits per heavy atom. The van der Waals surface area contributed by atoms with Crippen LogP contribution in [0.2, 0.25) is 0 Å². The van der Waals surface area contributed by atoms with Crippen LogP contribution < -0.4 is 4.74 Å². The van der Waals surface area contributed by atoms with Gasteiger partial charge < -0.3 is 9.47 Å². The zero-order chi connectivity index (χ0) is 20.8. The summed E-state index contributed by atoms with van der Waals surface area (Å²) in [7, 11) is 3.01. The number of likely N-dealkylation sites (N-methyl/N-ethyl adjacent to an activating group) is 1. The number of amides is 1. The van der Waals surface area contributed by atoms with Crippen LogP contribution in [0.15, 0.2) is 58.4 Å². The Morgan fingerprint density at radius 1 is 1.21 bits per heavy atom. The number of benzene rings is 2. The lowest BCUT2D eigenvalue weighted by Gasteiger charge is -2.07. The number of rotatable bonds is 5. The first-order valence-electron chi connectivity index (χ1n) is 8.63. The minimum Gasteiger partial charge on any atom is -0.481 e. The molecule has 1 amide bonds. The summed E-state index contributed by atoms with van der Waals surface area (Å²) >= 11 is 1.29. The molecule has 6 nitrogen and oxygen atoms in total. The van der Waals surface area contributed by atoms with Crippen molar-refractivity contribution in [3.8, 4) is 18.1 Å². The van der Waals surface area contributed by atoms with E-state index in [1.54, 1.807) is 49.5 Å². The molecule has 146 valence electrons. The van der Waals surface area contributed by atoms with Crippen LogP contribution in [0, 0.1) is 12.3 Å². The number of ether oxygens (including phenoxy) is 2. The summed E-state index contributed by atoms with van der Waals surface area (Å²) in [6, 6.07) is 14.0. The number of hydrogen-bond donors (Lipinski definition) is 0. The molecule has 7 heteroatoms. The maximum absolute atomic E-state index is 12.5. The van der Waals surface area contributed by atoms with E-state index in [0.717, 1.165) is 5.56 Å². The van der Waals surface area contributed by atoms with Crippen molar-refractivity contribution in [3.05, 3.63) is 64.6 Å². The van der Waals surface area contributed by atoms with E-state index in [-0.39, 0.29) is 12.5 Å². The molecule has 0 atom stereocenters. The summed E-state index contributed by atoms with van der Waals surface area (Å²) in [5.41, 5.74) is 1.94. The van der Waals surface area contributed by atoms with Gasteiger partial charge in [0.1, 0.15) is 12.4 Å². The number of methoxy groups -OCH3 is 1. The van der Waals surface area contributed by atoms with Crippen LogP contribution in [0.5, 0.6) is 5.75 Å². The highest BCUT2D eigenvalue weighted by Gasteiger charge is 2.30. The fourth-order valence-corrected chi connectivity index (χ4v) is 3.48. The number of aliphatic imine (C=N–C) groups is 1. The zero-order valence-corrected chi connectivity index (χ0v) is 16.7. The van der Waals surface area contributed by atoms with E-state index >= 15 is 0 Å². The summed E-state index contributed by atoms with van der Waals surface area (Å²) in [6.45, 7) is 0.208. The number of hydrogen-bond acceptors (Lipinski definition) is 6. The number of amidine groups is 1. The minimum atomic E-state index is -0.410. The molecule has 2 aromatic rings. The Morgan fingerprint density at radius 3 is 2.52 bits per heavy atom. The van der Waals surface area contributed by atoms with Crippen molar-refractivity contribution in [2.24, 2.45) is 4.99 Å². The van der Waals surface area contributed by atoms with Crippen LogP contribution in [0.1, 0.15) is 15.9 Å². The van der Waals surface area contributed by atoms with Crippen molar-refractivity contribution < 1.29 is 19.1 Å². The summed E-state index contributed by atoms with van der Waals surface area (Å²) in [4.78, 5) is 30.6. The number of thioether (sulfide) groups is 1. The van der Waals surface area contributed by atoms with Crippen LogP contribution in [0.4, 0.5) is 5.69 Å². The molecular formula is C22H18N2O4S. The molecule has 1 fully saturated rings. The molecule has 0 spiro atoms. The predicted molar refractivity (Wildman–Crippen MR) is 114 cm³/mol. The summed E-state index contributed by atoms with van der Waals surface area (Å²) in [6.07, 6.45) is 6.98. The molecule has 1 saturated heterocycles. The van der Waals surface area contributed by atoms with Gasteiger partial charge >= 0.3 is 5.97 Å². The quantitative estimate of drug-likeness (QED) is 0.430. The van der Waals surface area contributed by atoms with Gasteiger partial charge in [-0.2, -0.15) is 0 Å². The lowest BCUT2D eigenvalue weighted by Crippen LogP contribution is -2.23. The monoisotopic (exact) mass is 406 g/mol. The van der Waals surface area contributed by atoms with E-state index < -0.39 is 5.97 Å². The second-order valence-electron chi connectivity index (χ2n) is 5.97. The van der Waals surface area contributed by atoms with Crippen molar-refractivity contribution in [1.29, 1.82) is 0 Å². The second-order valence-corrected chi connectivity index (χ2v) is 6.98. The van der Waals surface area contributed by atoms with E-state index in [9.17, 15) is 9.59 Å². The Balaban J connectivity index is 1.76. The van der Waals surface area contributed by atoms with Crippen LogP contribution in [-0.4, -0.2) is 42.7 Å². The fraction of sp³-hybridized carbons (Fsp3) is 0.136. The van der Waals surface area contributed by atoms with E-state index in [4.69, 9.17) is 11.2 Å². The average Bonchev–Trinajstić information content (AvgIpc) is 3.01. The number of carbonyl (C=O) groups excluding carboxylic acids is 2. The van der Waals surface area contributed by atoms with Gasteiger partial charge in [-0.3, -0.25) is 9.69 Å². The standard InChI is InChI=1S/C22H18N2O4S/c1-4-13-28-18-11-5-15(6-12-18)14-19-20(25)24(2)22(29-19)23-17-9-7-16(8-10-17)21(26)27-3/h1,5-12,14H,13H2,2-3H3/b19-14-,23-22?. The normalized spacial score (nSPS) is 16.2. The van der Waals surface area contributed by atoms with Gasteiger partial charge in [-0.25, -0.2) is 9.79 Å². The summed E-state index contributed by atoms with van der Waals surface area (Å²) in [5.74, 6) is 2.54. The van der Waals surface area contributed by atoms with Crippen molar-refractivity contribution in [1.82, 2.24) is 4.90 Å². The van der Waals surface area contributed by atoms with Crippen LogP contribution >= 0.6 is 11.8 Å². The molecule has 2 aromatic carbocycles. The van der Waals surface area contributed by atoms with Gasteiger partial charge in [0.15, 0.2) is 5.17 Å². The van der Waals surface area contributed by atoms with E-state index in [0.29, 0.717) is 27.1 Å². The Bertz CT molecular complexity index is 1020. The van der Waals surface area contributed by atoms with Crippen LogP contribution in [0.25, 0.3) is 6.08 Å². The zero-order valence-electron chi connectivity index (χ0n) is 15.9. The summed E-state index contributed by atoms with van der Waals surface area (Å²) in [5, 5.41) is 0.557. The molecule has 0 N–H and O–H groups in total. The number of terminal acetylenes is 1. The average molecular weight is 406 g/mol. The molecule has 0 radical (unpaired) electrons. The van der Waals surface area contributed by atoms with Gasteiger partial charge in [0, 0.05) is 7.05 Å². The highest BCUT2D eigenvalue weighted by molar-refractivity contribution is 8.18. The Labute approximate surface area is 173 Å². The smallest absolute Gasteiger partial charge is 0.337 e. The third-order valence-corrected chi connectivity index (χ3v) is 5.08. The molecule has 0 aliphatic carbocycles. The molecule has 0 saturated carbocycles. The SMILES string of the molecule is C#CCOc1ccc(/C=C2\SC(=Nc3ccc(C(=O)OC)cc3)N(C)C2=O)cc1. The molecule has 0 aromatic heterocycles. The van der Waals surface area contributed by atoms with Gasteiger partial charge in [0.05, 0.1) is 23.3 Å². The minimum absolute atomic E-state index is 0.132. The van der Waals surface area contributed by atoms with Crippen molar-refractivity contribution >= 4 is 40.6 Å². The molecular weight excluding hydrogens is 388 g/mol. The molecule has 3 rings (SSSR count). The molecule has 0 unspecified atom stereocenters. The Hall–Kier alpha value is -3.50. The van der Waals surface area contributed by atoms with Gasteiger partial charge in [-0.1, -0.05) is 18.1 Å². The topological polar surface area (TPSA) is 68.2 Å². The largest absolute Gasteiger partial charge is 0.481 e. The van der Waals surface area contributed by atoms with Gasteiger partial charge in [0.25, 0.3) is 5.91 Å². The molecule has 29 heavy (non-hydrogen) atoms. The predicted octanol–water partition coefficient (Wildman–Crippen LogP) is 3.72. The van der Waals surface area contributed by atoms with E-state index in [1.807, 2.05) is 12.1 Å². The lowest BCUT2D eigenvalue weighted by molar-refractivity contribution is -0.121. The van der Waals surface area contributed by atoms with Crippen molar-refractivity contribution in [2.75, 3.05) is 20.8 Å². The van der Waals surface area contributed by atoms with Crippen LogP contribution in [0.3, 0.4) is 0 Å². The van der Waals surface area contributed by atoms with Crippen molar-refractivity contribution in [2.45, 2.75) is 0 Å². The molecule has 1 heterocycles.